The normalized spacial score (nSPS) is 16.0. The second-order valence-corrected chi connectivity index (χ2v) is 9.72. The van der Waals surface area contributed by atoms with Gasteiger partial charge in [0, 0.05) is 18.5 Å². The number of fused-ring (bicyclic) bond motifs is 1. The molecule has 2 aromatic carbocycles. The fourth-order valence-corrected chi connectivity index (χ4v) is 4.87. The molecule has 1 saturated carbocycles. The van der Waals surface area contributed by atoms with Gasteiger partial charge in [0.05, 0.1) is 17.1 Å². The number of amides is 1. The van der Waals surface area contributed by atoms with Gasteiger partial charge in [-0.25, -0.2) is 13.1 Å². The summed E-state index contributed by atoms with van der Waals surface area (Å²) in [7, 11) is -3.78. The first kappa shape index (κ1) is 20.7. The number of benzene rings is 2. The van der Waals surface area contributed by atoms with Crippen molar-refractivity contribution in [3.05, 3.63) is 65.3 Å². The van der Waals surface area contributed by atoms with Crippen molar-refractivity contribution in [1.29, 1.82) is 0 Å². The lowest BCUT2D eigenvalue weighted by molar-refractivity contribution is -0.121. The van der Waals surface area contributed by atoms with Gasteiger partial charge in [-0.1, -0.05) is 35.5 Å². The summed E-state index contributed by atoms with van der Waals surface area (Å²) in [4.78, 5) is 18.5. The first-order valence-electron chi connectivity index (χ1n) is 10.3. The zero-order chi connectivity index (χ0) is 22.3. The van der Waals surface area contributed by atoms with Crippen LogP contribution in [0.3, 0.4) is 0 Å². The third kappa shape index (κ3) is 4.11. The van der Waals surface area contributed by atoms with E-state index in [0.29, 0.717) is 34.6 Å². The Bertz CT molecular complexity index is 1270. The van der Waals surface area contributed by atoms with Gasteiger partial charge in [-0.05, 0) is 37.0 Å². The number of rotatable bonds is 7. The average Bonchev–Trinajstić information content (AvgIpc) is 3.53. The number of hydrogen-bond acceptors (Lipinski definition) is 7. The summed E-state index contributed by atoms with van der Waals surface area (Å²) in [5, 5.41) is 3.98. The third-order valence-electron chi connectivity index (χ3n) is 5.51. The van der Waals surface area contributed by atoms with Gasteiger partial charge in [-0.15, -0.1) is 0 Å². The van der Waals surface area contributed by atoms with Crippen LogP contribution in [0.5, 0.6) is 5.75 Å². The molecular formula is C22H22N4O5S. The van der Waals surface area contributed by atoms with Crippen LogP contribution < -0.4 is 14.4 Å². The van der Waals surface area contributed by atoms with Gasteiger partial charge >= 0.3 is 0 Å². The predicted octanol–water partition coefficient (Wildman–Crippen LogP) is 2.66. The second kappa shape index (κ2) is 8.03. The highest BCUT2D eigenvalue weighted by atomic mass is 32.2. The Kier molecular flexibility index (Phi) is 5.18. The molecule has 10 heteroatoms. The largest absolute Gasteiger partial charge is 0.482 e. The van der Waals surface area contributed by atoms with E-state index >= 15 is 0 Å². The fraction of sp³-hybridized carbons (Fsp3) is 0.318. The summed E-state index contributed by atoms with van der Waals surface area (Å²) in [5.74, 6) is 1.39. The molecule has 0 unspecified atom stereocenters. The molecule has 0 spiro atoms. The van der Waals surface area contributed by atoms with E-state index in [4.69, 9.17) is 9.26 Å². The summed E-state index contributed by atoms with van der Waals surface area (Å²) in [5.41, 5.74) is 1.84. The van der Waals surface area contributed by atoms with Gasteiger partial charge < -0.3 is 9.26 Å². The van der Waals surface area contributed by atoms with Gasteiger partial charge in [0.15, 0.2) is 12.4 Å². The smallest absolute Gasteiger partial charge is 0.265 e. The molecule has 1 aliphatic carbocycles. The maximum atomic E-state index is 12.9. The summed E-state index contributed by atoms with van der Waals surface area (Å²) in [6.07, 6.45) is 2.07. The summed E-state index contributed by atoms with van der Waals surface area (Å²) >= 11 is 0. The van der Waals surface area contributed by atoms with Crippen LogP contribution in [0.2, 0.25) is 0 Å². The Balaban J connectivity index is 1.40. The molecule has 0 bridgehead atoms. The molecule has 1 aliphatic heterocycles. The lowest BCUT2D eigenvalue weighted by atomic mass is 10.1. The molecule has 3 aromatic rings. The lowest BCUT2D eigenvalue weighted by Gasteiger charge is -2.29. The van der Waals surface area contributed by atoms with Crippen molar-refractivity contribution in [3.8, 4) is 5.75 Å². The Morgan fingerprint density at radius 3 is 2.72 bits per heavy atom. The van der Waals surface area contributed by atoms with Crippen LogP contribution in [0, 0.1) is 6.92 Å². The molecular weight excluding hydrogens is 432 g/mol. The first-order valence-corrected chi connectivity index (χ1v) is 11.8. The molecule has 1 amide bonds. The van der Waals surface area contributed by atoms with E-state index in [1.807, 2.05) is 30.3 Å². The number of hydrogen-bond donors (Lipinski definition) is 1. The number of carbonyl (C=O) groups is 1. The molecule has 9 nitrogen and oxygen atoms in total. The van der Waals surface area contributed by atoms with Gasteiger partial charge in [0.25, 0.3) is 5.91 Å². The minimum absolute atomic E-state index is 0.108. The topological polar surface area (TPSA) is 115 Å². The lowest BCUT2D eigenvalue weighted by Crippen LogP contribution is -2.38. The van der Waals surface area contributed by atoms with Crippen molar-refractivity contribution in [2.24, 2.45) is 0 Å². The van der Waals surface area contributed by atoms with Crippen molar-refractivity contribution in [2.45, 2.75) is 43.7 Å². The van der Waals surface area contributed by atoms with E-state index in [0.717, 1.165) is 18.4 Å². The number of sulfonamides is 1. The van der Waals surface area contributed by atoms with E-state index in [-0.39, 0.29) is 30.5 Å². The average molecular weight is 455 g/mol. The van der Waals surface area contributed by atoms with E-state index in [2.05, 4.69) is 14.9 Å². The first-order chi connectivity index (χ1) is 15.4. The van der Waals surface area contributed by atoms with Gasteiger partial charge in [0.1, 0.15) is 5.75 Å². The van der Waals surface area contributed by atoms with Crippen LogP contribution >= 0.6 is 0 Å². The maximum Gasteiger partial charge on any atom is 0.265 e. The van der Waals surface area contributed by atoms with E-state index in [9.17, 15) is 13.2 Å². The Morgan fingerprint density at radius 1 is 1.19 bits per heavy atom. The highest BCUT2D eigenvalue weighted by Gasteiger charge is 2.32. The number of aryl methyl sites for hydroxylation is 1. The zero-order valence-electron chi connectivity index (χ0n) is 17.4. The molecule has 1 aromatic heterocycles. The van der Waals surface area contributed by atoms with Crippen LogP contribution in [0.15, 0.2) is 51.9 Å². The number of carbonyl (C=O) groups excluding carboxylic acids is 1. The van der Waals surface area contributed by atoms with Crippen LogP contribution in [0.4, 0.5) is 5.69 Å². The number of anilines is 1. The van der Waals surface area contributed by atoms with E-state index < -0.39 is 10.0 Å². The number of ether oxygens (including phenoxy) is 1. The van der Waals surface area contributed by atoms with Crippen LogP contribution in [0.1, 0.15) is 41.6 Å². The molecule has 1 N–H and O–H groups in total. The molecule has 2 heterocycles. The van der Waals surface area contributed by atoms with Crippen molar-refractivity contribution < 1.29 is 22.5 Å². The molecule has 1 fully saturated rings. The molecule has 2 aliphatic rings. The fourth-order valence-electron chi connectivity index (χ4n) is 3.62. The summed E-state index contributed by atoms with van der Waals surface area (Å²) < 4.78 is 39.4. The molecule has 0 saturated heterocycles. The maximum absolute atomic E-state index is 12.9. The van der Waals surface area contributed by atoms with Crippen molar-refractivity contribution >= 4 is 21.6 Å². The number of aromatic nitrogens is 2. The van der Waals surface area contributed by atoms with E-state index in [1.54, 1.807) is 13.0 Å². The second-order valence-electron chi connectivity index (χ2n) is 7.99. The van der Waals surface area contributed by atoms with Gasteiger partial charge in [0.2, 0.25) is 15.9 Å². The standard InChI is InChI=1S/C22H22N4O5S/c1-14-9-17-18(10-19(14)32(28,29)23-11-15-5-3-2-4-6-15)30-13-21(27)26(17)12-20-24-22(31-25-20)16-7-8-16/h2-6,9-10,16,23H,7-8,11-13H2,1H3. The van der Waals surface area contributed by atoms with E-state index in [1.165, 1.54) is 11.0 Å². The summed E-state index contributed by atoms with van der Waals surface area (Å²) in [6.45, 7) is 1.80. The Morgan fingerprint density at radius 2 is 1.97 bits per heavy atom. The van der Waals surface area contributed by atoms with Crippen molar-refractivity contribution in [2.75, 3.05) is 11.5 Å². The molecule has 0 radical (unpaired) electrons. The van der Waals surface area contributed by atoms with Crippen LogP contribution in [-0.4, -0.2) is 31.1 Å². The highest BCUT2D eigenvalue weighted by molar-refractivity contribution is 7.89. The zero-order valence-corrected chi connectivity index (χ0v) is 18.3. The minimum Gasteiger partial charge on any atom is -0.482 e. The quantitative estimate of drug-likeness (QED) is 0.584. The SMILES string of the molecule is Cc1cc2c(cc1S(=O)(=O)NCc1ccccc1)OCC(=O)N2Cc1noc(C2CC2)n1. The van der Waals surface area contributed by atoms with Crippen LogP contribution in [-0.2, 0) is 27.9 Å². The van der Waals surface area contributed by atoms with Crippen molar-refractivity contribution in [1.82, 2.24) is 14.9 Å². The molecule has 0 atom stereocenters. The number of nitrogens with one attached hydrogen (secondary N) is 1. The highest BCUT2D eigenvalue weighted by Crippen LogP contribution is 2.40. The molecule has 166 valence electrons. The Hall–Kier alpha value is -3.24. The number of nitrogens with zero attached hydrogens (tertiary/aromatic N) is 3. The summed E-state index contributed by atoms with van der Waals surface area (Å²) in [6, 6.07) is 12.4. The van der Waals surface area contributed by atoms with Gasteiger partial charge in [-0.3, -0.25) is 9.69 Å². The molecule has 32 heavy (non-hydrogen) atoms. The van der Waals surface area contributed by atoms with Gasteiger partial charge in [-0.2, -0.15) is 4.98 Å². The predicted molar refractivity (Wildman–Crippen MR) is 115 cm³/mol. The Labute approximate surface area is 185 Å². The monoisotopic (exact) mass is 454 g/mol. The van der Waals surface area contributed by atoms with Crippen LogP contribution in [0.25, 0.3) is 0 Å². The third-order valence-corrected chi connectivity index (χ3v) is 7.05. The molecule has 5 rings (SSSR count). The van der Waals surface area contributed by atoms with Crippen molar-refractivity contribution in [3.63, 3.8) is 0 Å². The minimum atomic E-state index is -3.78.